The maximum absolute atomic E-state index is 6.14. The SMILES string of the molecule is CNCC1CCC(CN2CCCC(C(C)(C)C)CC2)O1. The van der Waals surface area contributed by atoms with Gasteiger partial charge in [-0.15, -0.1) is 0 Å². The van der Waals surface area contributed by atoms with Gasteiger partial charge in [0.05, 0.1) is 12.2 Å². The second kappa shape index (κ2) is 7.24. The second-order valence-electron chi connectivity index (χ2n) is 7.81. The molecule has 0 aromatic carbocycles. The van der Waals surface area contributed by atoms with E-state index in [4.69, 9.17) is 4.74 Å². The standard InChI is InChI=1S/C17H34N2O/c1-17(2,3)14-6-5-10-19(11-9-14)13-16-8-7-15(20-16)12-18-4/h14-16,18H,5-13H2,1-4H3. The Hall–Kier alpha value is -0.120. The van der Waals surface area contributed by atoms with E-state index in [0.717, 1.165) is 19.0 Å². The van der Waals surface area contributed by atoms with Gasteiger partial charge in [-0.25, -0.2) is 0 Å². The molecule has 2 rings (SSSR count). The number of hydrogen-bond acceptors (Lipinski definition) is 3. The Labute approximate surface area is 125 Å². The minimum absolute atomic E-state index is 0.444. The molecule has 0 amide bonds. The van der Waals surface area contributed by atoms with E-state index in [1.54, 1.807) is 0 Å². The van der Waals surface area contributed by atoms with E-state index in [1.165, 1.54) is 45.2 Å². The second-order valence-corrected chi connectivity index (χ2v) is 7.81. The molecule has 20 heavy (non-hydrogen) atoms. The van der Waals surface area contributed by atoms with Crippen LogP contribution in [0.3, 0.4) is 0 Å². The molecule has 0 aliphatic carbocycles. The number of ether oxygens (including phenoxy) is 1. The Bertz CT molecular complexity index is 287. The molecule has 0 bridgehead atoms. The van der Waals surface area contributed by atoms with Gasteiger partial charge in [-0.2, -0.15) is 0 Å². The lowest BCUT2D eigenvalue weighted by molar-refractivity contribution is 0.0243. The number of nitrogens with zero attached hydrogens (tertiary/aromatic N) is 1. The third-order valence-corrected chi connectivity index (χ3v) is 5.13. The molecule has 3 unspecified atom stereocenters. The van der Waals surface area contributed by atoms with Gasteiger partial charge >= 0.3 is 0 Å². The van der Waals surface area contributed by atoms with E-state index in [0.29, 0.717) is 17.6 Å². The van der Waals surface area contributed by atoms with Gasteiger partial charge in [-0.1, -0.05) is 20.8 Å². The lowest BCUT2D eigenvalue weighted by atomic mass is 9.77. The molecular weight excluding hydrogens is 248 g/mol. The minimum atomic E-state index is 0.444. The van der Waals surface area contributed by atoms with E-state index in [1.807, 2.05) is 7.05 Å². The summed E-state index contributed by atoms with van der Waals surface area (Å²) >= 11 is 0. The normalized spacial score (nSPS) is 33.3. The summed E-state index contributed by atoms with van der Waals surface area (Å²) in [5.41, 5.74) is 0.470. The van der Waals surface area contributed by atoms with Crippen LogP contribution in [0.5, 0.6) is 0 Å². The van der Waals surface area contributed by atoms with Crippen LogP contribution in [0.25, 0.3) is 0 Å². The van der Waals surface area contributed by atoms with Gasteiger partial charge in [0, 0.05) is 13.1 Å². The maximum atomic E-state index is 6.14. The van der Waals surface area contributed by atoms with Crippen molar-refractivity contribution in [2.24, 2.45) is 11.3 Å². The molecule has 3 heteroatoms. The molecule has 3 atom stereocenters. The number of nitrogens with one attached hydrogen (secondary N) is 1. The molecule has 2 aliphatic rings. The summed E-state index contributed by atoms with van der Waals surface area (Å²) in [6.45, 7) is 11.9. The van der Waals surface area contributed by atoms with Crippen LogP contribution in [0, 0.1) is 11.3 Å². The van der Waals surface area contributed by atoms with Gasteiger partial charge in [0.15, 0.2) is 0 Å². The first-order valence-electron chi connectivity index (χ1n) is 8.51. The first kappa shape index (κ1) is 16.3. The monoisotopic (exact) mass is 282 g/mol. The van der Waals surface area contributed by atoms with Crippen molar-refractivity contribution < 1.29 is 4.74 Å². The van der Waals surface area contributed by atoms with E-state index >= 15 is 0 Å². The largest absolute Gasteiger partial charge is 0.372 e. The van der Waals surface area contributed by atoms with Crippen LogP contribution in [-0.2, 0) is 4.74 Å². The van der Waals surface area contributed by atoms with Crippen molar-refractivity contribution in [2.75, 3.05) is 33.2 Å². The molecule has 0 saturated carbocycles. The third-order valence-electron chi connectivity index (χ3n) is 5.13. The van der Waals surface area contributed by atoms with Crippen LogP contribution >= 0.6 is 0 Å². The highest BCUT2D eigenvalue weighted by atomic mass is 16.5. The summed E-state index contributed by atoms with van der Waals surface area (Å²) in [6.07, 6.45) is 7.49. The fourth-order valence-corrected chi connectivity index (χ4v) is 3.78. The number of likely N-dealkylation sites (N-methyl/N-ethyl adjacent to an activating group) is 1. The first-order chi connectivity index (χ1) is 9.49. The predicted molar refractivity (Wildman–Crippen MR) is 85.1 cm³/mol. The highest BCUT2D eigenvalue weighted by molar-refractivity contribution is 4.82. The summed E-state index contributed by atoms with van der Waals surface area (Å²) in [4.78, 5) is 2.65. The lowest BCUT2D eigenvalue weighted by Crippen LogP contribution is -2.34. The van der Waals surface area contributed by atoms with Crippen molar-refractivity contribution in [3.05, 3.63) is 0 Å². The minimum Gasteiger partial charge on any atom is -0.372 e. The summed E-state index contributed by atoms with van der Waals surface area (Å²) in [6, 6.07) is 0. The first-order valence-corrected chi connectivity index (χ1v) is 8.51. The van der Waals surface area contributed by atoms with E-state index in [-0.39, 0.29) is 0 Å². The van der Waals surface area contributed by atoms with Crippen LogP contribution < -0.4 is 5.32 Å². The number of hydrogen-bond donors (Lipinski definition) is 1. The Morgan fingerprint density at radius 3 is 2.50 bits per heavy atom. The van der Waals surface area contributed by atoms with E-state index in [2.05, 4.69) is 31.0 Å². The molecular formula is C17H34N2O. The fraction of sp³-hybridized carbons (Fsp3) is 1.00. The molecule has 118 valence electrons. The molecule has 2 heterocycles. The maximum Gasteiger partial charge on any atom is 0.0707 e. The van der Waals surface area contributed by atoms with Crippen LogP contribution in [-0.4, -0.2) is 50.3 Å². The Kier molecular flexibility index (Phi) is 5.88. The van der Waals surface area contributed by atoms with Crippen molar-refractivity contribution in [3.63, 3.8) is 0 Å². The molecule has 2 fully saturated rings. The van der Waals surface area contributed by atoms with Crippen molar-refractivity contribution in [1.82, 2.24) is 10.2 Å². The zero-order chi connectivity index (χ0) is 14.6. The zero-order valence-corrected chi connectivity index (χ0v) is 14.0. The molecule has 3 nitrogen and oxygen atoms in total. The molecule has 0 aromatic rings. The van der Waals surface area contributed by atoms with Crippen LogP contribution in [0.2, 0.25) is 0 Å². The van der Waals surface area contributed by atoms with E-state index < -0.39 is 0 Å². The molecule has 2 aliphatic heterocycles. The summed E-state index contributed by atoms with van der Waals surface area (Å²) in [5, 5.41) is 3.23. The van der Waals surface area contributed by atoms with Crippen molar-refractivity contribution in [1.29, 1.82) is 0 Å². The van der Waals surface area contributed by atoms with E-state index in [9.17, 15) is 0 Å². The van der Waals surface area contributed by atoms with Crippen molar-refractivity contribution in [2.45, 2.75) is 65.1 Å². The zero-order valence-electron chi connectivity index (χ0n) is 14.0. The Morgan fingerprint density at radius 1 is 1.05 bits per heavy atom. The predicted octanol–water partition coefficient (Wildman–Crippen LogP) is 2.90. The van der Waals surface area contributed by atoms with Gasteiger partial charge in [-0.05, 0) is 63.6 Å². The molecule has 0 radical (unpaired) electrons. The Balaban J connectivity index is 1.75. The summed E-state index contributed by atoms with van der Waals surface area (Å²) in [5.74, 6) is 0.883. The Morgan fingerprint density at radius 2 is 1.80 bits per heavy atom. The molecule has 1 N–H and O–H groups in total. The highest BCUT2D eigenvalue weighted by Crippen LogP contribution is 2.34. The average molecular weight is 282 g/mol. The molecule has 0 spiro atoms. The number of rotatable bonds is 4. The van der Waals surface area contributed by atoms with Gasteiger partial charge in [0.25, 0.3) is 0 Å². The van der Waals surface area contributed by atoms with Crippen molar-refractivity contribution in [3.8, 4) is 0 Å². The molecule has 0 aromatic heterocycles. The summed E-state index contributed by atoms with van der Waals surface area (Å²) < 4.78 is 6.14. The number of likely N-dealkylation sites (tertiary alicyclic amines) is 1. The summed E-state index contributed by atoms with van der Waals surface area (Å²) in [7, 11) is 2.01. The van der Waals surface area contributed by atoms with Gasteiger partial charge in [0.2, 0.25) is 0 Å². The van der Waals surface area contributed by atoms with Gasteiger partial charge < -0.3 is 15.0 Å². The fourth-order valence-electron chi connectivity index (χ4n) is 3.78. The average Bonchev–Trinajstić information content (AvgIpc) is 2.65. The van der Waals surface area contributed by atoms with Crippen molar-refractivity contribution >= 4 is 0 Å². The van der Waals surface area contributed by atoms with Crippen LogP contribution in [0.15, 0.2) is 0 Å². The third kappa shape index (κ3) is 4.71. The van der Waals surface area contributed by atoms with Gasteiger partial charge in [0.1, 0.15) is 0 Å². The highest BCUT2D eigenvalue weighted by Gasteiger charge is 2.30. The quantitative estimate of drug-likeness (QED) is 0.858. The van der Waals surface area contributed by atoms with Crippen LogP contribution in [0.4, 0.5) is 0 Å². The van der Waals surface area contributed by atoms with Gasteiger partial charge in [-0.3, -0.25) is 0 Å². The lowest BCUT2D eigenvalue weighted by Gasteiger charge is -2.30. The molecule has 2 saturated heterocycles. The topological polar surface area (TPSA) is 24.5 Å². The smallest absolute Gasteiger partial charge is 0.0707 e. The van der Waals surface area contributed by atoms with Crippen LogP contribution in [0.1, 0.15) is 52.9 Å².